The molecule has 5 heteroatoms. The van der Waals surface area contributed by atoms with Crippen molar-refractivity contribution in [2.45, 2.75) is 45.1 Å². The fraction of sp³-hybridized carbons (Fsp3) is 0.438. The van der Waals surface area contributed by atoms with Crippen LogP contribution in [0.25, 0.3) is 11.3 Å². The number of benzene rings is 1. The van der Waals surface area contributed by atoms with Crippen LogP contribution in [0.5, 0.6) is 0 Å². The van der Waals surface area contributed by atoms with Crippen molar-refractivity contribution in [3.05, 3.63) is 34.3 Å². The standard InChI is InChI=1S/C16H19BrFN3/c1-2-21-15(19)14(11-7-8-12(17)13(18)9-11)20-16(21)10-5-3-4-6-10/h7-10H,2-6,19H2,1H3. The molecule has 112 valence electrons. The maximum absolute atomic E-state index is 13.8. The summed E-state index contributed by atoms with van der Waals surface area (Å²) in [6.07, 6.45) is 4.85. The van der Waals surface area contributed by atoms with Crippen molar-refractivity contribution in [1.29, 1.82) is 0 Å². The summed E-state index contributed by atoms with van der Waals surface area (Å²) in [6.45, 7) is 2.87. The van der Waals surface area contributed by atoms with Gasteiger partial charge in [-0.3, -0.25) is 0 Å². The van der Waals surface area contributed by atoms with Crippen molar-refractivity contribution < 1.29 is 4.39 Å². The molecule has 3 rings (SSSR count). The number of imidazole rings is 1. The molecule has 1 aliphatic carbocycles. The van der Waals surface area contributed by atoms with E-state index in [9.17, 15) is 4.39 Å². The molecule has 1 saturated carbocycles. The topological polar surface area (TPSA) is 43.8 Å². The Morgan fingerprint density at radius 3 is 2.71 bits per heavy atom. The fourth-order valence-corrected chi connectivity index (χ4v) is 3.41. The van der Waals surface area contributed by atoms with E-state index in [-0.39, 0.29) is 5.82 Å². The van der Waals surface area contributed by atoms with Gasteiger partial charge in [-0.05, 0) is 47.8 Å². The second kappa shape index (κ2) is 5.79. The van der Waals surface area contributed by atoms with E-state index in [1.54, 1.807) is 6.07 Å². The Morgan fingerprint density at radius 2 is 2.10 bits per heavy atom. The summed E-state index contributed by atoms with van der Waals surface area (Å²) >= 11 is 3.18. The van der Waals surface area contributed by atoms with Crippen LogP contribution < -0.4 is 5.73 Å². The number of nitrogens with zero attached hydrogens (tertiary/aromatic N) is 2. The number of nitrogens with two attached hydrogens (primary N) is 1. The minimum absolute atomic E-state index is 0.291. The predicted molar refractivity (Wildman–Crippen MR) is 86.6 cm³/mol. The molecule has 0 radical (unpaired) electrons. The second-order valence-electron chi connectivity index (χ2n) is 5.56. The van der Waals surface area contributed by atoms with Crippen LogP contribution in [0.1, 0.15) is 44.3 Å². The molecule has 0 atom stereocenters. The fourth-order valence-electron chi connectivity index (χ4n) is 3.17. The summed E-state index contributed by atoms with van der Waals surface area (Å²) in [7, 11) is 0. The maximum Gasteiger partial charge on any atom is 0.138 e. The first-order valence-electron chi connectivity index (χ1n) is 7.43. The normalized spacial score (nSPS) is 15.8. The Labute approximate surface area is 132 Å². The van der Waals surface area contributed by atoms with Gasteiger partial charge >= 0.3 is 0 Å². The van der Waals surface area contributed by atoms with Gasteiger partial charge in [-0.1, -0.05) is 18.9 Å². The minimum atomic E-state index is -0.291. The van der Waals surface area contributed by atoms with Gasteiger partial charge in [0.05, 0.1) is 4.47 Å². The molecule has 1 heterocycles. The Kier molecular flexibility index (Phi) is 4.02. The monoisotopic (exact) mass is 351 g/mol. The molecule has 0 saturated heterocycles. The zero-order valence-corrected chi connectivity index (χ0v) is 13.7. The zero-order valence-electron chi connectivity index (χ0n) is 12.1. The molecule has 1 fully saturated rings. The minimum Gasteiger partial charge on any atom is -0.383 e. The summed E-state index contributed by atoms with van der Waals surface area (Å²) in [5.74, 6) is 1.90. The van der Waals surface area contributed by atoms with E-state index < -0.39 is 0 Å². The summed E-state index contributed by atoms with van der Waals surface area (Å²) < 4.78 is 16.3. The maximum atomic E-state index is 13.8. The summed E-state index contributed by atoms with van der Waals surface area (Å²) in [4.78, 5) is 4.76. The Bertz CT molecular complexity index is 660. The quantitative estimate of drug-likeness (QED) is 0.869. The highest BCUT2D eigenvalue weighted by Crippen LogP contribution is 2.37. The molecular formula is C16H19BrFN3. The predicted octanol–water partition coefficient (Wildman–Crippen LogP) is 4.71. The molecule has 21 heavy (non-hydrogen) atoms. The van der Waals surface area contributed by atoms with E-state index in [1.807, 2.05) is 6.07 Å². The highest BCUT2D eigenvalue weighted by atomic mass is 79.9. The number of anilines is 1. The average molecular weight is 352 g/mol. The van der Waals surface area contributed by atoms with E-state index in [0.717, 1.165) is 17.9 Å². The first-order valence-corrected chi connectivity index (χ1v) is 8.22. The number of aromatic nitrogens is 2. The zero-order chi connectivity index (χ0) is 15.0. The lowest BCUT2D eigenvalue weighted by Gasteiger charge is -2.11. The number of nitrogen functional groups attached to an aromatic ring is 1. The molecule has 1 aromatic carbocycles. The molecular weight excluding hydrogens is 333 g/mol. The van der Waals surface area contributed by atoms with Gasteiger partial charge in [0, 0.05) is 18.0 Å². The van der Waals surface area contributed by atoms with Crippen LogP contribution in [0, 0.1) is 5.82 Å². The summed E-state index contributed by atoms with van der Waals surface area (Å²) in [5.41, 5.74) is 7.70. The smallest absolute Gasteiger partial charge is 0.138 e. The van der Waals surface area contributed by atoms with Crippen LogP contribution in [0.3, 0.4) is 0 Å². The molecule has 0 amide bonds. The van der Waals surface area contributed by atoms with Crippen molar-refractivity contribution in [1.82, 2.24) is 9.55 Å². The van der Waals surface area contributed by atoms with Gasteiger partial charge in [-0.15, -0.1) is 0 Å². The van der Waals surface area contributed by atoms with Crippen LogP contribution in [0.4, 0.5) is 10.2 Å². The molecule has 2 aromatic rings. The van der Waals surface area contributed by atoms with Crippen LogP contribution in [0.2, 0.25) is 0 Å². The van der Waals surface area contributed by atoms with E-state index in [4.69, 9.17) is 10.7 Å². The van der Waals surface area contributed by atoms with E-state index in [1.165, 1.54) is 31.7 Å². The van der Waals surface area contributed by atoms with E-state index in [0.29, 0.717) is 21.9 Å². The number of halogens is 2. The van der Waals surface area contributed by atoms with E-state index >= 15 is 0 Å². The summed E-state index contributed by atoms with van der Waals surface area (Å²) in [6, 6.07) is 5.04. The number of hydrogen-bond donors (Lipinski definition) is 1. The largest absolute Gasteiger partial charge is 0.383 e. The summed E-state index contributed by atoms with van der Waals surface area (Å²) in [5, 5.41) is 0. The third kappa shape index (κ3) is 2.59. The van der Waals surface area contributed by atoms with Gasteiger partial charge in [0.2, 0.25) is 0 Å². The highest BCUT2D eigenvalue weighted by molar-refractivity contribution is 9.10. The van der Waals surface area contributed by atoms with Gasteiger partial charge < -0.3 is 10.3 Å². The van der Waals surface area contributed by atoms with Crippen molar-refractivity contribution >= 4 is 21.7 Å². The van der Waals surface area contributed by atoms with Gasteiger partial charge in [-0.25, -0.2) is 9.37 Å². The van der Waals surface area contributed by atoms with E-state index in [2.05, 4.69) is 27.4 Å². The first-order chi connectivity index (χ1) is 10.1. The highest BCUT2D eigenvalue weighted by Gasteiger charge is 2.25. The third-order valence-electron chi connectivity index (χ3n) is 4.27. The molecule has 0 aliphatic heterocycles. The van der Waals surface area contributed by atoms with Gasteiger partial charge in [-0.2, -0.15) is 0 Å². The van der Waals surface area contributed by atoms with Crippen molar-refractivity contribution in [2.24, 2.45) is 0 Å². The Hall–Kier alpha value is -1.36. The van der Waals surface area contributed by atoms with Gasteiger partial charge in [0.15, 0.2) is 0 Å². The Balaban J connectivity index is 2.08. The van der Waals surface area contributed by atoms with Crippen LogP contribution in [-0.2, 0) is 6.54 Å². The lowest BCUT2D eigenvalue weighted by Crippen LogP contribution is -2.08. The second-order valence-corrected chi connectivity index (χ2v) is 6.41. The number of hydrogen-bond acceptors (Lipinski definition) is 2. The van der Waals surface area contributed by atoms with Crippen LogP contribution in [-0.4, -0.2) is 9.55 Å². The molecule has 0 bridgehead atoms. The van der Waals surface area contributed by atoms with Gasteiger partial charge in [0.25, 0.3) is 0 Å². The van der Waals surface area contributed by atoms with Gasteiger partial charge in [0.1, 0.15) is 23.2 Å². The SMILES string of the molecule is CCn1c(C2CCCC2)nc(-c2ccc(Br)c(F)c2)c1N. The average Bonchev–Trinajstić information content (AvgIpc) is 3.09. The van der Waals surface area contributed by atoms with Crippen molar-refractivity contribution in [3.8, 4) is 11.3 Å². The molecule has 0 unspecified atom stereocenters. The number of rotatable bonds is 3. The molecule has 2 N–H and O–H groups in total. The van der Waals surface area contributed by atoms with Crippen molar-refractivity contribution in [2.75, 3.05) is 5.73 Å². The molecule has 1 aromatic heterocycles. The molecule has 0 spiro atoms. The molecule has 3 nitrogen and oxygen atoms in total. The van der Waals surface area contributed by atoms with Crippen LogP contribution in [0.15, 0.2) is 22.7 Å². The Morgan fingerprint density at radius 1 is 1.38 bits per heavy atom. The van der Waals surface area contributed by atoms with Crippen LogP contribution >= 0.6 is 15.9 Å². The first kappa shape index (κ1) is 14.6. The lowest BCUT2D eigenvalue weighted by atomic mass is 10.1. The molecule has 1 aliphatic rings. The van der Waals surface area contributed by atoms with Crippen molar-refractivity contribution in [3.63, 3.8) is 0 Å². The lowest BCUT2D eigenvalue weighted by molar-refractivity contribution is 0.604. The third-order valence-corrected chi connectivity index (χ3v) is 4.91.